The fourth-order valence-electron chi connectivity index (χ4n) is 2.47. The summed E-state index contributed by atoms with van der Waals surface area (Å²) in [4.78, 5) is 26.1. The predicted octanol–water partition coefficient (Wildman–Crippen LogP) is 2.39. The number of amides is 1. The van der Waals surface area contributed by atoms with Crippen molar-refractivity contribution in [3.8, 4) is 11.5 Å². The third-order valence-electron chi connectivity index (χ3n) is 3.54. The Morgan fingerprint density at radius 3 is 2.41 bits per heavy atom. The molecule has 1 heterocycles. The molecule has 0 saturated carbocycles. The summed E-state index contributed by atoms with van der Waals surface area (Å²) in [7, 11) is 2.79. The van der Waals surface area contributed by atoms with Crippen molar-refractivity contribution in [3.05, 3.63) is 17.7 Å². The minimum absolute atomic E-state index is 0.0907. The molecule has 6 heteroatoms. The number of nitrogens with zero attached hydrogens (tertiary/aromatic N) is 1. The normalized spacial score (nSPS) is 16.1. The van der Waals surface area contributed by atoms with Gasteiger partial charge in [-0.15, -0.1) is 0 Å². The number of fused-ring (bicyclic) bond motifs is 1. The zero-order chi connectivity index (χ0) is 16.7. The third-order valence-corrected chi connectivity index (χ3v) is 3.54. The van der Waals surface area contributed by atoms with E-state index in [1.165, 1.54) is 14.2 Å². The highest BCUT2D eigenvalue weighted by atomic mass is 16.5. The van der Waals surface area contributed by atoms with Gasteiger partial charge in [-0.1, -0.05) is 0 Å². The summed E-state index contributed by atoms with van der Waals surface area (Å²) in [6.45, 7) is 7.23. The molecular weight excluding hydrogens is 286 g/mol. The number of hydrogen-bond acceptors (Lipinski definition) is 5. The first-order valence-electron chi connectivity index (χ1n) is 7.06. The largest absolute Gasteiger partial charge is 0.493 e. The standard InChI is InChI=1S/C16H21NO5/c1-9(2)17-11-7-10(14(18)21-6)8-12(20-5)13(11)22-16(3,4)15(17)19/h7-9H,1-6H3. The maximum absolute atomic E-state index is 12.6. The van der Waals surface area contributed by atoms with Gasteiger partial charge in [-0.05, 0) is 39.8 Å². The number of anilines is 1. The molecule has 0 N–H and O–H groups in total. The van der Waals surface area contributed by atoms with Crippen LogP contribution in [0.25, 0.3) is 0 Å². The van der Waals surface area contributed by atoms with Crippen molar-refractivity contribution in [2.45, 2.75) is 39.3 Å². The molecule has 1 aromatic carbocycles. The number of benzene rings is 1. The van der Waals surface area contributed by atoms with Crippen LogP contribution in [-0.4, -0.2) is 37.7 Å². The number of esters is 1. The summed E-state index contributed by atoms with van der Waals surface area (Å²) in [5, 5.41) is 0. The number of carbonyl (C=O) groups is 2. The Bertz CT molecular complexity index is 621. The van der Waals surface area contributed by atoms with Gasteiger partial charge < -0.3 is 19.1 Å². The molecule has 0 aliphatic carbocycles. The Morgan fingerprint density at radius 2 is 1.91 bits per heavy atom. The molecule has 1 aliphatic heterocycles. The molecule has 1 aliphatic rings. The van der Waals surface area contributed by atoms with Crippen LogP contribution in [0.15, 0.2) is 12.1 Å². The summed E-state index contributed by atoms with van der Waals surface area (Å²) in [6.07, 6.45) is 0. The van der Waals surface area contributed by atoms with Crippen LogP contribution in [0.1, 0.15) is 38.1 Å². The minimum atomic E-state index is -1.00. The molecule has 0 radical (unpaired) electrons. The van der Waals surface area contributed by atoms with Crippen LogP contribution < -0.4 is 14.4 Å². The average Bonchev–Trinajstić information content (AvgIpc) is 2.46. The Balaban J connectivity index is 2.71. The van der Waals surface area contributed by atoms with Gasteiger partial charge in [0, 0.05) is 6.04 Å². The van der Waals surface area contributed by atoms with Crippen LogP contribution in [0.5, 0.6) is 11.5 Å². The highest BCUT2D eigenvalue weighted by molar-refractivity contribution is 6.05. The van der Waals surface area contributed by atoms with Crippen LogP contribution in [0.2, 0.25) is 0 Å². The molecule has 0 saturated heterocycles. The molecule has 0 fully saturated rings. The van der Waals surface area contributed by atoms with E-state index in [-0.39, 0.29) is 11.9 Å². The van der Waals surface area contributed by atoms with Crippen molar-refractivity contribution in [3.63, 3.8) is 0 Å². The summed E-state index contributed by atoms with van der Waals surface area (Å²) in [5.74, 6) is 0.179. The highest BCUT2D eigenvalue weighted by Crippen LogP contribution is 2.46. The summed E-state index contributed by atoms with van der Waals surface area (Å²) >= 11 is 0. The smallest absolute Gasteiger partial charge is 0.338 e. The van der Waals surface area contributed by atoms with Gasteiger partial charge in [0.15, 0.2) is 17.1 Å². The van der Waals surface area contributed by atoms with E-state index in [0.717, 1.165) is 0 Å². The van der Waals surface area contributed by atoms with E-state index in [0.29, 0.717) is 22.7 Å². The fraction of sp³-hybridized carbons (Fsp3) is 0.500. The number of ether oxygens (including phenoxy) is 3. The van der Waals surface area contributed by atoms with Crippen LogP contribution in [0.4, 0.5) is 5.69 Å². The van der Waals surface area contributed by atoms with Crippen LogP contribution in [0, 0.1) is 0 Å². The SMILES string of the molecule is COC(=O)c1cc(OC)c2c(c1)N(C(C)C)C(=O)C(C)(C)O2. The Morgan fingerprint density at radius 1 is 1.27 bits per heavy atom. The minimum Gasteiger partial charge on any atom is -0.493 e. The second-order valence-electron chi connectivity index (χ2n) is 5.90. The van der Waals surface area contributed by atoms with E-state index in [4.69, 9.17) is 14.2 Å². The van der Waals surface area contributed by atoms with E-state index in [9.17, 15) is 9.59 Å². The molecule has 0 spiro atoms. The molecule has 0 unspecified atom stereocenters. The van der Waals surface area contributed by atoms with Gasteiger partial charge in [-0.25, -0.2) is 4.79 Å². The second-order valence-corrected chi connectivity index (χ2v) is 5.90. The lowest BCUT2D eigenvalue weighted by molar-refractivity contribution is -0.133. The first kappa shape index (κ1) is 16.1. The number of methoxy groups -OCH3 is 2. The Labute approximate surface area is 129 Å². The highest BCUT2D eigenvalue weighted by Gasteiger charge is 2.43. The second kappa shape index (κ2) is 5.51. The summed E-state index contributed by atoms with van der Waals surface area (Å²) in [5.41, 5.74) is -0.184. The van der Waals surface area contributed by atoms with Gasteiger partial charge in [0.05, 0.1) is 25.5 Å². The van der Waals surface area contributed by atoms with E-state index in [2.05, 4.69) is 0 Å². The van der Waals surface area contributed by atoms with E-state index in [1.807, 2.05) is 13.8 Å². The summed E-state index contributed by atoms with van der Waals surface area (Å²) in [6, 6.07) is 3.05. The molecule has 0 bridgehead atoms. The first-order valence-corrected chi connectivity index (χ1v) is 7.06. The fourth-order valence-corrected chi connectivity index (χ4v) is 2.47. The van der Waals surface area contributed by atoms with Crippen molar-refractivity contribution in [1.29, 1.82) is 0 Å². The molecule has 22 heavy (non-hydrogen) atoms. The number of hydrogen-bond donors (Lipinski definition) is 0. The third kappa shape index (κ3) is 2.49. The predicted molar refractivity (Wildman–Crippen MR) is 81.7 cm³/mol. The Kier molecular flexibility index (Phi) is 4.04. The molecule has 2 rings (SSSR count). The molecular formula is C16H21NO5. The van der Waals surface area contributed by atoms with Crippen LogP contribution in [-0.2, 0) is 9.53 Å². The average molecular weight is 307 g/mol. The van der Waals surface area contributed by atoms with Crippen molar-refractivity contribution in [2.24, 2.45) is 0 Å². The van der Waals surface area contributed by atoms with Crippen molar-refractivity contribution < 1.29 is 23.8 Å². The molecule has 6 nitrogen and oxygen atoms in total. The van der Waals surface area contributed by atoms with Crippen LogP contribution >= 0.6 is 0 Å². The van der Waals surface area contributed by atoms with E-state index >= 15 is 0 Å². The van der Waals surface area contributed by atoms with Gasteiger partial charge in [-0.3, -0.25) is 4.79 Å². The van der Waals surface area contributed by atoms with Gasteiger partial charge in [0.25, 0.3) is 5.91 Å². The lowest BCUT2D eigenvalue weighted by Gasteiger charge is -2.41. The molecule has 1 amide bonds. The zero-order valence-corrected chi connectivity index (χ0v) is 13.7. The topological polar surface area (TPSA) is 65.1 Å². The Hall–Kier alpha value is -2.24. The maximum Gasteiger partial charge on any atom is 0.338 e. The van der Waals surface area contributed by atoms with Crippen molar-refractivity contribution in [2.75, 3.05) is 19.1 Å². The summed E-state index contributed by atoms with van der Waals surface area (Å²) < 4.78 is 15.9. The first-order chi connectivity index (χ1) is 10.2. The monoisotopic (exact) mass is 307 g/mol. The maximum atomic E-state index is 12.6. The van der Waals surface area contributed by atoms with Gasteiger partial charge in [0.2, 0.25) is 0 Å². The molecule has 1 aromatic rings. The zero-order valence-electron chi connectivity index (χ0n) is 13.7. The quantitative estimate of drug-likeness (QED) is 0.802. The lowest BCUT2D eigenvalue weighted by Crippen LogP contribution is -2.54. The molecule has 0 atom stereocenters. The van der Waals surface area contributed by atoms with Gasteiger partial charge in [-0.2, -0.15) is 0 Å². The van der Waals surface area contributed by atoms with Gasteiger partial charge in [0.1, 0.15) is 0 Å². The van der Waals surface area contributed by atoms with Crippen molar-refractivity contribution in [1.82, 2.24) is 0 Å². The van der Waals surface area contributed by atoms with Crippen LogP contribution in [0.3, 0.4) is 0 Å². The van der Waals surface area contributed by atoms with Crippen molar-refractivity contribution >= 4 is 17.6 Å². The lowest BCUT2D eigenvalue weighted by atomic mass is 10.0. The molecule has 0 aromatic heterocycles. The number of carbonyl (C=O) groups excluding carboxylic acids is 2. The van der Waals surface area contributed by atoms with E-state index in [1.54, 1.807) is 30.9 Å². The van der Waals surface area contributed by atoms with E-state index < -0.39 is 11.6 Å². The molecule has 120 valence electrons. The number of rotatable bonds is 3. The van der Waals surface area contributed by atoms with Gasteiger partial charge >= 0.3 is 5.97 Å².